The predicted octanol–water partition coefficient (Wildman–Crippen LogP) is 3.47. The molecule has 1 rings (SSSR count). The molecule has 1 heterocycles. The first-order valence-electron chi connectivity index (χ1n) is 4.92. The summed E-state index contributed by atoms with van der Waals surface area (Å²) >= 11 is 0.626. The second-order valence-electron chi connectivity index (χ2n) is 5.06. The molecule has 0 N–H and O–H groups in total. The Hall–Kier alpha value is -0.000519. The van der Waals surface area contributed by atoms with E-state index in [1.165, 1.54) is 5.56 Å². The second kappa shape index (κ2) is 3.63. The third-order valence-corrected chi connectivity index (χ3v) is 5.22. The van der Waals surface area contributed by atoms with E-state index in [-0.39, 0.29) is 0 Å². The molecule has 0 aliphatic carbocycles. The molecule has 13 heavy (non-hydrogen) atoms. The van der Waals surface area contributed by atoms with Crippen LogP contribution in [-0.4, -0.2) is 14.5 Å². The van der Waals surface area contributed by atoms with Gasteiger partial charge in [-0.15, -0.1) is 0 Å². The Morgan fingerprint density at radius 1 is 1.23 bits per heavy atom. The van der Waals surface area contributed by atoms with Gasteiger partial charge in [0.1, 0.15) is 0 Å². The first kappa shape index (κ1) is 11.1. The maximum absolute atomic E-state index is 2.43. The average molecular weight is 243 g/mol. The van der Waals surface area contributed by atoms with Crippen molar-refractivity contribution >= 4 is 14.5 Å². The molecule has 0 aliphatic rings. The molecule has 0 spiro atoms. The van der Waals surface area contributed by atoms with Gasteiger partial charge in [0.05, 0.1) is 0 Å². The summed E-state index contributed by atoms with van der Waals surface area (Å²) in [5, 5.41) is 0. The first-order valence-corrected chi connectivity index (χ1v) is 6.77. The van der Waals surface area contributed by atoms with Crippen molar-refractivity contribution in [2.24, 2.45) is 0 Å². The van der Waals surface area contributed by atoms with Gasteiger partial charge in [-0.3, -0.25) is 0 Å². The molecule has 0 unspecified atom stereocenters. The maximum atomic E-state index is 2.43. The Labute approximate surface area is 88.1 Å². The summed E-state index contributed by atoms with van der Waals surface area (Å²) in [5.41, 5.74) is 3.48. The van der Waals surface area contributed by atoms with Crippen LogP contribution in [0.2, 0.25) is 0 Å². The van der Waals surface area contributed by atoms with Gasteiger partial charge in [-0.05, 0) is 0 Å². The topological polar surface area (TPSA) is 0 Å². The second-order valence-corrected chi connectivity index (χ2v) is 6.97. The zero-order valence-corrected chi connectivity index (χ0v) is 11.3. The van der Waals surface area contributed by atoms with Crippen LogP contribution in [0.1, 0.15) is 56.1 Å². The molecule has 1 aromatic heterocycles. The molecule has 0 saturated heterocycles. The summed E-state index contributed by atoms with van der Waals surface area (Å²) in [4.78, 5) is 2.43. The van der Waals surface area contributed by atoms with Gasteiger partial charge in [0.15, 0.2) is 0 Å². The summed E-state index contributed by atoms with van der Waals surface area (Å²) in [6.07, 6.45) is 0. The van der Waals surface area contributed by atoms with E-state index in [9.17, 15) is 0 Å². The third kappa shape index (κ3) is 2.27. The quantitative estimate of drug-likeness (QED) is 0.662. The fourth-order valence-corrected chi connectivity index (χ4v) is 4.53. The number of hydrogen-bond donors (Lipinski definition) is 0. The van der Waals surface area contributed by atoms with Crippen LogP contribution in [0.25, 0.3) is 0 Å². The number of aryl methyl sites for hydroxylation is 1. The van der Waals surface area contributed by atoms with Gasteiger partial charge in [-0.1, -0.05) is 0 Å². The van der Waals surface area contributed by atoms with Crippen molar-refractivity contribution in [2.45, 2.75) is 52.9 Å². The zero-order chi connectivity index (χ0) is 10.2. The van der Waals surface area contributed by atoms with Crippen LogP contribution in [0.4, 0.5) is 0 Å². The van der Waals surface area contributed by atoms with Crippen molar-refractivity contribution in [3.05, 3.63) is 20.5 Å². The van der Waals surface area contributed by atoms with Gasteiger partial charge in [0, 0.05) is 0 Å². The van der Waals surface area contributed by atoms with E-state index in [1.807, 2.05) is 0 Å². The van der Waals surface area contributed by atoms with E-state index >= 15 is 0 Å². The minimum atomic E-state index is 0.332. The van der Waals surface area contributed by atoms with Crippen molar-refractivity contribution < 1.29 is 0 Å². The van der Waals surface area contributed by atoms with Crippen LogP contribution in [0, 0.1) is 6.92 Å². The van der Waals surface area contributed by atoms with E-state index in [0.29, 0.717) is 19.9 Å². The minimum absolute atomic E-state index is 0.332. The molecular formula is C12H20Se. The molecule has 0 nitrogen and oxygen atoms in total. The summed E-state index contributed by atoms with van der Waals surface area (Å²) < 4.78 is 1.71. The van der Waals surface area contributed by atoms with Gasteiger partial charge in [0.2, 0.25) is 0 Å². The molecule has 74 valence electrons. The fraction of sp³-hybridized carbons (Fsp3) is 0.667. The monoisotopic (exact) mass is 244 g/mol. The summed E-state index contributed by atoms with van der Waals surface area (Å²) in [7, 11) is 0. The van der Waals surface area contributed by atoms with Crippen molar-refractivity contribution in [3.8, 4) is 0 Å². The molecule has 0 aliphatic heterocycles. The summed E-state index contributed by atoms with van der Waals surface area (Å²) in [6.45, 7) is 13.9. The van der Waals surface area contributed by atoms with E-state index in [4.69, 9.17) is 0 Å². The van der Waals surface area contributed by atoms with E-state index in [0.717, 1.165) is 5.92 Å². The van der Waals surface area contributed by atoms with Crippen LogP contribution >= 0.6 is 0 Å². The van der Waals surface area contributed by atoms with Gasteiger partial charge >= 0.3 is 87.9 Å². The molecular weight excluding hydrogens is 223 g/mol. The molecule has 1 heteroatoms. The molecule has 0 atom stereocenters. The Kier molecular flexibility index (Phi) is 3.09. The first-order chi connectivity index (χ1) is 5.84. The molecule has 0 aromatic carbocycles. The van der Waals surface area contributed by atoms with Crippen molar-refractivity contribution in [3.63, 3.8) is 0 Å². The van der Waals surface area contributed by atoms with Gasteiger partial charge in [-0.25, -0.2) is 0 Å². The number of hydrogen-bond acceptors (Lipinski definition) is 0. The third-order valence-electron chi connectivity index (χ3n) is 2.28. The molecule has 0 bridgehead atoms. The van der Waals surface area contributed by atoms with Gasteiger partial charge in [-0.2, -0.15) is 0 Å². The van der Waals surface area contributed by atoms with Gasteiger partial charge in [0.25, 0.3) is 0 Å². The molecule has 0 amide bonds. The van der Waals surface area contributed by atoms with E-state index in [1.54, 1.807) is 10.0 Å². The van der Waals surface area contributed by atoms with Crippen molar-refractivity contribution in [1.29, 1.82) is 0 Å². The van der Waals surface area contributed by atoms with Crippen LogP contribution in [-0.2, 0) is 5.41 Å². The molecule has 0 fully saturated rings. The van der Waals surface area contributed by atoms with Crippen molar-refractivity contribution in [1.82, 2.24) is 0 Å². The molecule has 0 radical (unpaired) electrons. The molecule has 0 saturated carbocycles. The molecule has 1 aromatic rings. The predicted molar refractivity (Wildman–Crippen MR) is 60.9 cm³/mol. The van der Waals surface area contributed by atoms with Crippen LogP contribution in [0.5, 0.6) is 0 Å². The van der Waals surface area contributed by atoms with E-state index < -0.39 is 0 Å². The standard InChI is InChI=1S/C12H20Se/c1-8(2)11-10(12(4,5)6)9(3)7-13-11/h7-8H,1-6H3. The average Bonchev–Trinajstić information content (AvgIpc) is 2.28. The van der Waals surface area contributed by atoms with Gasteiger partial charge < -0.3 is 0 Å². The normalized spacial score (nSPS) is 12.5. The Balaban J connectivity index is 3.25. The summed E-state index contributed by atoms with van der Waals surface area (Å²) in [6, 6.07) is 0. The summed E-state index contributed by atoms with van der Waals surface area (Å²) in [5.74, 6) is 0.725. The Bertz CT molecular complexity index is 287. The van der Waals surface area contributed by atoms with Crippen LogP contribution < -0.4 is 0 Å². The fourth-order valence-electron chi connectivity index (χ4n) is 1.85. The Morgan fingerprint density at radius 3 is 2.08 bits per heavy atom. The Morgan fingerprint density at radius 2 is 1.77 bits per heavy atom. The van der Waals surface area contributed by atoms with Crippen LogP contribution in [0.15, 0.2) is 4.94 Å². The van der Waals surface area contributed by atoms with E-state index in [2.05, 4.69) is 46.5 Å². The van der Waals surface area contributed by atoms with Crippen molar-refractivity contribution in [2.75, 3.05) is 0 Å². The number of rotatable bonds is 1. The SMILES string of the molecule is Cc1c[se]c(C(C)C)c1C(C)(C)C. The van der Waals surface area contributed by atoms with Crippen LogP contribution in [0.3, 0.4) is 0 Å². The zero-order valence-electron chi connectivity index (χ0n) is 9.56.